The van der Waals surface area contributed by atoms with E-state index in [4.69, 9.17) is 4.98 Å². The average molecular weight is 282 g/mol. The van der Waals surface area contributed by atoms with Crippen LogP contribution >= 0.6 is 23.7 Å². The van der Waals surface area contributed by atoms with Gasteiger partial charge >= 0.3 is 0 Å². The lowest BCUT2D eigenvalue weighted by atomic mass is 10.2. The second-order valence-corrected chi connectivity index (χ2v) is 4.95. The lowest BCUT2D eigenvalue weighted by Gasteiger charge is -2.26. The van der Waals surface area contributed by atoms with Gasteiger partial charge in [-0.1, -0.05) is 30.3 Å². The number of hydrogen-bond donors (Lipinski definition) is 1. The Bertz CT molecular complexity index is 480. The first-order valence-corrected chi connectivity index (χ1v) is 6.78. The van der Waals surface area contributed by atoms with Crippen molar-refractivity contribution in [3.63, 3.8) is 0 Å². The Hall–Kier alpha value is -1.10. The number of nitrogens with zero attached hydrogens (tertiary/aromatic N) is 2. The van der Waals surface area contributed by atoms with Gasteiger partial charge in [-0.2, -0.15) is 0 Å². The fraction of sp³-hybridized carbons (Fsp3) is 0.308. The van der Waals surface area contributed by atoms with Crippen molar-refractivity contribution >= 4 is 28.9 Å². The molecule has 0 unspecified atom stereocenters. The molecule has 0 aliphatic carbocycles. The van der Waals surface area contributed by atoms with Crippen molar-refractivity contribution in [3.05, 3.63) is 35.7 Å². The Morgan fingerprint density at radius 1 is 1.11 bits per heavy atom. The van der Waals surface area contributed by atoms with Gasteiger partial charge in [0.15, 0.2) is 5.13 Å². The van der Waals surface area contributed by atoms with E-state index in [1.807, 2.05) is 6.07 Å². The number of rotatable bonds is 2. The van der Waals surface area contributed by atoms with Gasteiger partial charge in [0.1, 0.15) is 0 Å². The zero-order valence-electron chi connectivity index (χ0n) is 10.0. The maximum atomic E-state index is 4.72. The molecule has 0 bridgehead atoms. The summed E-state index contributed by atoms with van der Waals surface area (Å²) >= 11 is 1.74. The van der Waals surface area contributed by atoms with Gasteiger partial charge in [0, 0.05) is 37.1 Å². The Balaban J connectivity index is 0.00000120. The number of piperazine rings is 1. The quantitative estimate of drug-likeness (QED) is 0.917. The monoisotopic (exact) mass is 281 g/mol. The summed E-state index contributed by atoms with van der Waals surface area (Å²) in [5.74, 6) is 0. The van der Waals surface area contributed by atoms with E-state index >= 15 is 0 Å². The summed E-state index contributed by atoms with van der Waals surface area (Å²) in [6, 6.07) is 10.4. The third-order valence-electron chi connectivity index (χ3n) is 2.95. The summed E-state index contributed by atoms with van der Waals surface area (Å²) < 4.78 is 0. The Morgan fingerprint density at radius 2 is 1.83 bits per heavy atom. The molecule has 2 aromatic rings. The van der Waals surface area contributed by atoms with Crippen LogP contribution in [0.5, 0.6) is 0 Å². The molecule has 3 rings (SSSR count). The highest BCUT2D eigenvalue weighted by Gasteiger charge is 2.14. The minimum atomic E-state index is 0. The number of nitrogens with one attached hydrogen (secondary N) is 1. The minimum Gasteiger partial charge on any atom is -0.346 e. The van der Waals surface area contributed by atoms with Gasteiger partial charge in [0.2, 0.25) is 0 Å². The average Bonchev–Trinajstić information content (AvgIpc) is 2.90. The molecule has 0 radical (unpaired) electrons. The molecule has 1 N–H and O–H groups in total. The topological polar surface area (TPSA) is 28.2 Å². The Labute approximate surface area is 117 Å². The van der Waals surface area contributed by atoms with Gasteiger partial charge in [-0.25, -0.2) is 4.98 Å². The van der Waals surface area contributed by atoms with Crippen molar-refractivity contribution in [2.24, 2.45) is 0 Å². The highest BCUT2D eigenvalue weighted by Crippen LogP contribution is 2.27. The molecule has 1 aliphatic heterocycles. The van der Waals surface area contributed by atoms with Crippen molar-refractivity contribution < 1.29 is 0 Å². The lowest BCUT2D eigenvalue weighted by Crippen LogP contribution is -2.43. The molecule has 18 heavy (non-hydrogen) atoms. The van der Waals surface area contributed by atoms with Crippen LogP contribution in [0.4, 0.5) is 5.13 Å². The molecule has 1 aromatic heterocycles. The predicted molar refractivity (Wildman–Crippen MR) is 79.9 cm³/mol. The molecular weight excluding hydrogens is 266 g/mol. The SMILES string of the molecule is Cl.c1ccc(-c2csc(N3CCNCC3)n2)cc1. The summed E-state index contributed by atoms with van der Waals surface area (Å²) in [4.78, 5) is 7.08. The predicted octanol–water partition coefficient (Wildman–Crippen LogP) is 2.64. The van der Waals surface area contributed by atoms with Gasteiger partial charge in [-0.15, -0.1) is 23.7 Å². The molecule has 1 saturated heterocycles. The molecule has 2 heterocycles. The van der Waals surface area contributed by atoms with E-state index in [2.05, 4.69) is 39.9 Å². The van der Waals surface area contributed by atoms with E-state index in [1.54, 1.807) is 11.3 Å². The zero-order chi connectivity index (χ0) is 11.5. The van der Waals surface area contributed by atoms with Crippen LogP contribution in [0.15, 0.2) is 35.7 Å². The van der Waals surface area contributed by atoms with Gasteiger partial charge < -0.3 is 10.2 Å². The van der Waals surface area contributed by atoms with Crippen molar-refractivity contribution in [1.29, 1.82) is 0 Å². The smallest absolute Gasteiger partial charge is 0.185 e. The van der Waals surface area contributed by atoms with Gasteiger partial charge in [0.05, 0.1) is 5.69 Å². The lowest BCUT2D eigenvalue weighted by molar-refractivity contribution is 0.588. The van der Waals surface area contributed by atoms with Crippen LogP contribution in [0.2, 0.25) is 0 Å². The molecule has 1 aliphatic rings. The van der Waals surface area contributed by atoms with Crippen molar-refractivity contribution in [2.45, 2.75) is 0 Å². The van der Waals surface area contributed by atoms with Crippen LogP contribution in [-0.4, -0.2) is 31.2 Å². The number of anilines is 1. The van der Waals surface area contributed by atoms with Crippen LogP contribution in [0.25, 0.3) is 11.3 Å². The van der Waals surface area contributed by atoms with E-state index in [-0.39, 0.29) is 12.4 Å². The fourth-order valence-electron chi connectivity index (χ4n) is 2.01. The summed E-state index contributed by atoms with van der Waals surface area (Å²) in [7, 11) is 0. The molecule has 3 nitrogen and oxygen atoms in total. The summed E-state index contributed by atoms with van der Waals surface area (Å²) in [5.41, 5.74) is 2.29. The van der Waals surface area contributed by atoms with E-state index in [1.165, 1.54) is 5.56 Å². The molecule has 0 spiro atoms. The standard InChI is InChI=1S/C13H15N3S.ClH/c1-2-4-11(5-3-1)12-10-17-13(15-12)16-8-6-14-7-9-16;/h1-5,10,14H,6-9H2;1H. The highest BCUT2D eigenvalue weighted by atomic mass is 35.5. The zero-order valence-corrected chi connectivity index (χ0v) is 11.6. The van der Waals surface area contributed by atoms with Gasteiger partial charge in [0.25, 0.3) is 0 Å². The Morgan fingerprint density at radius 3 is 2.56 bits per heavy atom. The minimum absolute atomic E-state index is 0. The molecular formula is C13H16ClN3S. The maximum Gasteiger partial charge on any atom is 0.185 e. The van der Waals surface area contributed by atoms with E-state index in [9.17, 15) is 0 Å². The first kappa shape index (κ1) is 13.3. The second-order valence-electron chi connectivity index (χ2n) is 4.12. The molecule has 0 saturated carbocycles. The van der Waals surface area contributed by atoms with Crippen LogP contribution < -0.4 is 10.2 Å². The number of thiazole rings is 1. The maximum absolute atomic E-state index is 4.72. The second kappa shape index (κ2) is 6.18. The van der Waals surface area contributed by atoms with Crippen LogP contribution in [-0.2, 0) is 0 Å². The summed E-state index contributed by atoms with van der Waals surface area (Å²) in [5, 5.41) is 6.65. The fourth-order valence-corrected chi connectivity index (χ4v) is 2.90. The third kappa shape index (κ3) is 2.83. The number of benzene rings is 1. The van der Waals surface area contributed by atoms with Crippen LogP contribution in [0.1, 0.15) is 0 Å². The summed E-state index contributed by atoms with van der Waals surface area (Å²) in [6.07, 6.45) is 0. The third-order valence-corrected chi connectivity index (χ3v) is 3.85. The molecule has 0 amide bonds. The van der Waals surface area contributed by atoms with Crippen molar-refractivity contribution in [1.82, 2.24) is 10.3 Å². The first-order valence-electron chi connectivity index (χ1n) is 5.90. The van der Waals surface area contributed by atoms with Crippen molar-refractivity contribution in [3.8, 4) is 11.3 Å². The number of hydrogen-bond acceptors (Lipinski definition) is 4. The highest BCUT2D eigenvalue weighted by molar-refractivity contribution is 7.14. The first-order chi connectivity index (χ1) is 8.43. The van der Waals surface area contributed by atoms with Gasteiger partial charge in [-0.05, 0) is 0 Å². The largest absolute Gasteiger partial charge is 0.346 e. The van der Waals surface area contributed by atoms with E-state index in [0.29, 0.717) is 0 Å². The van der Waals surface area contributed by atoms with Crippen LogP contribution in [0, 0.1) is 0 Å². The number of halogens is 1. The van der Waals surface area contributed by atoms with Crippen molar-refractivity contribution in [2.75, 3.05) is 31.1 Å². The molecule has 5 heteroatoms. The normalized spacial score (nSPS) is 15.2. The number of aromatic nitrogens is 1. The molecule has 96 valence electrons. The molecule has 1 aromatic carbocycles. The summed E-state index contributed by atoms with van der Waals surface area (Å²) in [6.45, 7) is 4.23. The molecule has 0 atom stereocenters. The van der Waals surface area contributed by atoms with E-state index < -0.39 is 0 Å². The van der Waals surface area contributed by atoms with Gasteiger partial charge in [-0.3, -0.25) is 0 Å². The Kier molecular flexibility index (Phi) is 4.58. The van der Waals surface area contributed by atoms with Crippen LogP contribution in [0.3, 0.4) is 0 Å². The molecule has 1 fully saturated rings. The van der Waals surface area contributed by atoms with E-state index in [0.717, 1.165) is 37.0 Å².